The van der Waals surface area contributed by atoms with Crippen LogP contribution in [0.2, 0.25) is 0 Å². The average molecular weight is 384 g/mol. The molecule has 2 rings (SSSR count). The molecule has 0 aromatic heterocycles. The molecule has 1 aliphatic heterocycles. The van der Waals surface area contributed by atoms with Crippen LogP contribution < -0.4 is 10.1 Å². The van der Waals surface area contributed by atoms with Gasteiger partial charge in [-0.1, -0.05) is 18.2 Å². The first-order valence-corrected chi connectivity index (χ1v) is 10.3. The van der Waals surface area contributed by atoms with E-state index in [0.29, 0.717) is 32.5 Å². The molecule has 7 nitrogen and oxygen atoms in total. The van der Waals surface area contributed by atoms with Crippen molar-refractivity contribution in [2.45, 2.75) is 32.7 Å². The number of amides is 1. The zero-order valence-corrected chi connectivity index (χ0v) is 16.8. The zero-order valence-electron chi connectivity index (χ0n) is 15.9. The maximum absolute atomic E-state index is 12.4. The molecular formula is C18H29N3O4S. The number of carbonyl (C=O) groups excluding carboxylic acids is 1. The Morgan fingerprint density at radius 2 is 1.92 bits per heavy atom. The Morgan fingerprint density at radius 3 is 2.50 bits per heavy atom. The van der Waals surface area contributed by atoms with E-state index < -0.39 is 10.2 Å². The van der Waals surface area contributed by atoms with Gasteiger partial charge in [0.05, 0.1) is 6.04 Å². The molecule has 1 atom stereocenters. The van der Waals surface area contributed by atoms with Gasteiger partial charge in [-0.3, -0.25) is 4.79 Å². The molecule has 1 aromatic carbocycles. The van der Waals surface area contributed by atoms with Gasteiger partial charge in [0, 0.05) is 33.1 Å². The van der Waals surface area contributed by atoms with Gasteiger partial charge in [-0.2, -0.15) is 17.0 Å². The first-order chi connectivity index (χ1) is 12.2. The van der Waals surface area contributed by atoms with Crippen molar-refractivity contribution in [1.29, 1.82) is 0 Å². The number of nitrogens with one attached hydrogen (secondary N) is 1. The predicted molar refractivity (Wildman–Crippen MR) is 101 cm³/mol. The molecule has 0 bridgehead atoms. The van der Waals surface area contributed by atoms with Gasteiger partial charge in [-0.15, -0.1) is 0 Å². The summed E-state index contributed by atoms with van der Waals surface area (Å²) in [5, 5.41) is 2.97. The van der Waals surface area contributed by atoms with Crippen LogP contribution in [0.3, 0.4) is 0 Å². The lowest BCUT2D eigenvalue weighted by Crippen LogP contribution is -2.48. The fraction of sp³-hybridized carbons (Fsp3) is 0.611. The third-order valence-corrected chi connectivity index (χ3v) is 6.52. The minimum absolute atomic E-state index is 0.0345. The Labute approximate surface area is 156 Å². The molecule has 0 saturated carbocycles. The van der Waals surface area contributed by atoms with Gasteiger partial charge >= 0.3 is 0 Å². The second-order valence-corrected chi connectivity index (χ2v) is 9.09. The lowest BCUT2D eigenvalue weighted by atomic mass is 9.97. The fourth-order valence-corrected chi connectivity index (χ4v) is 4.05. The average Bonchev–Trinajstić information content (AvgIpc) is 2.61. The number of ether oxygens (including phenoxy) is 1. The summed E-state index contributed by atoms with van der Waals surface area (Å²) in [5.41, 5.74) is 1.06. The van der Waals surface area contributed by atoms with Gasteiger partial charge < -0.3 is 10.1 Å². The van der Waals surface area contributed by atoms with E-state index in [1.54, 1.807) is 0 Å². The summed E-state index contributed by atoms with van der Waals surface area (Å²) >= 11 is 0. The largest absolute Gasteiger partial charge is 0.491 e. The highest BCUT2D eigenvalue weighted by atomic mass is 32.2. The summed E-state index contributed by atoms with van der Waals surface area (Å²) < 4.78 is 32.6. The van der Waals surface area contributed by atoms with Crippen LogP contribution in [-0.4, -0.2) is 62.8 Å². The lowest BCUT2D eigenvalue weighted by Gasteiger charge is -2.32. The highest BCUT2D eigenvalue weighted by Gasteiger charge is 2.32. The van der Waals surface area contributed by atoms with Crippen LogP contribution in [0.5, 0.6) is 5.75 Å². The number of hydrogen-bond donors (Lipinski definition) is 1. The molecule has 8 heteroatoms. The Hall–Kier alpha value is -1.64. The summed E-state index contributed by atoms with van der Waals surface area (Å²) in [6.45, 7) is 5.01. The maximum atomic E-state index is 12.4. The van der Waals surface area contributed by atoms with E-state index >= 15 is 0 Å². The molecule has 0 unspecified atom stereocenters. The van der Waals surface area contributed by atoms with Crippen molar-refractivity contribution < 1.29 is 17.9 Å². The molecule has 1 amide bonds. The van der Waals surface area contributed by atoms with Crippen LogP contribution in [0.15, 0.2) is 24.3 Å². The third kappa shape index (κ3) is 5.18. The summed E-state index contributed by atoms with van der Waals surface area (Å²) in [4.78, 5) is 12.4. The van der Waals surface area contributed by atoms with E-state index in [2.05, 4.69) is 5.32 Å². The number of piperidine rings is 1. The molecule has 0 spiro atoms. The number of rotatable bonds is 7. The van der Waals surface area contributed by atoms with Gasteiger partial charge in [-0.25, -0.2) is 0 Å². The molecule has 1 saturated heterocycles. The normalized spacial score (nSPS) is 17.9. The molecule has 0 radical (unpaired) electrons. The van der Waals surface area contributed by atoms with Gasteiger partial charge in [-0.05, 0) is 38.3 Å². The lowest BCUT2D eigenvalue weighted by molar-refractivity contribution is -0.126. The van der Waals surface area contributed by atoms with Crippen molar-refractivity contribution in [1.82, 2.24) is 13.9 Å². The Balaban J connectivity index is 1.79. The Bertz CT molecular complexity index is 713. The van der Waals surface area contributed by atoms with E-state index in [-0.39, 0.29) is 17.9 Å². The van der Waals surface area contributed by atoms with Crippen LogP contribution in [0, 0.1) is 12.8 Å². The topological polar surface area (TPSA) is 79.0 Å². The van der Waals surface area contributed by atoms with Crippen molar-refractivity contribution in [3.05, 3.63) is 29.8 Å². The smallest absolute Gasteiger partial charge is 0.281 e. The molecule has 1 heterocycles. The first kappa shape index (κ1) is 20.7. The summed E-state index contributed by atoms with van der Waals surface area (Å²) in [5.74, 6) is 0.619. The predicted octanol–water partition coefficient (Wildman–Crippen LogP) is 1.40. The van der Waals surface area contributed by atoms with E-state index in [4.69, 9.17) is 4.74 Å². The minimum atomic E-state index is -3.40. The van der Waals surface area contributed by atoms with Gasteiger partial charge in [0.15, 0.2) is 0 Å². The highest BCUT2D eigenvalue weighted by molar-refractivity contribution is 7.86. The molecule has 0 aliphatic carbocycles. The number of carbonyl (C=O) groups is 1. The Morgan fingerprint density at radius 1 is 1.31 bits per heavy atom. The molecule has 146 valence electrons. The van der Waals surface area contributed by atoms with E-state index in [0.717, 1.165) is 11.3 Å². The minimum Gasteiger partial charge on any atom is -0.491 e. The van der Waals surface area contributed by atoms with E-state index in [1.807, 2.05) is 38.1 Å². The van der Waals surface area contributed by atoms with Crippen LogP contribution in [0.25, 0.3) is 0 Å². The van der Waals surface area contributed by atoms with Gasteiger partial charge in [0.1, 0.15) is 12.4 Å². The van der Waals surface area contributed by atoms with Crippen molar-refractivity contribution in [2.24, 2.45) is 5.92 Å². The standard InChI is InChI=1S/C18H29N3O4S/c1-14-7-5-6-8-17(14)25-13-15(2)19-18(22)16-9-11-21(12-10-16)26(23,24)20(3)4/h5-8,15-16H,9-13H2,1-4H3,(H,19,22)/t15-/m0/s1. The van der Waals surface area contributed by atoms with Crippen molar-refractivity contribution in [3.8, 4) is 5.75 Å². The number of nitrogens with zero attached hydrogens (tertiary/aromatic N) is 2. The summed E-state index contributed by atoms with van der Waals surface area (Å²) in [6, 6.07) is 7.64. The molecule has 26 heavy (non-hydrogen) atoms. The van der Waals surface area contributed by atoms with Crippen molar-refractivity contribution >= 4 is 16.1 Å². The number of para-hydroxylation sites is 1. The molecule has 1 aromatic rings. The SMILES string of the molecule is Cc1ccccc1OC[C@H](C)NC(=O)C1CCN(S(=O)(=O)N(C)C)CC1. The van der Waals surface area contributed by atoms with Crippen LogP contribution >= 0.6 is 0 Å². The maximum Gasteiger partial charge on any atom is 0.281 e. The fourth-order valence-electron chi connectivity index (χ4n) is 2.92. The number of hydrogen-bond acceptors (Lipinski definition) is 4. The van der Waals surface area contributed by atoms with Crippen molar-refractivity contribution in [3.63, 3.8) is 0 Å². The van der Waals surface area contributed by atoms with E-state index in [9.17, 15) is 13.2 Å². The molecular weight excluding hydrogens is 354 g/mol. The summed E-state index contributed by atoms with van der Waals surface area (Å²) in [7, 11) is -0.364. The zero-order chi connectivity index (χ0) is 19.3. The molecule has 1 N–H and O–H groups in total. The summed E-state index contributed by atoms with van der Waals surface area (Å²) in [6.07, 6.45) is 1.06. The second kappa shape index (κ2) is 8.83. The molecule has 1 aliphatic rings. The van der Waals surface area contributed by atoms with Gasteiger partial charge in [0.25, 0.3) is 10.2 Å². The molecule has 1 fully saturated rings. The van der Waals surface area contributed by atoms with E-state index in [1.165, 1.54) is 22.7 Å². The second-order valence-electron chi connectivity index (χ2n) is 6.95. The van der Waals surface area contributed by atoms with Crippen LogP contribution in [-0.2, 0) is 15.0 Å². The highest BCUT2D eigenvalue weighted by Crippen LogP contribution is 2.21. The quantitative estimate of drug-likeness (QED) is 0.772. The monoisotopic (exact) mass is 383 g/mol. The number of benzene rings is 1. The van der Waals surface area contributed by atoms with Gasteiger partial charge in [0.2, 0.25) is 5.91 Å². The van der Waals surface area contributed by atoms with Crippen LogP contribution in [0.1, 0.15) is 25.3 Å². The Kier molecular flexibility index (Phi) is 7.02. The van der Waals surface area contributed by atoms with Crippen molar-refractivity contribution in [2.75, 3.05) is 33.8 Å². The van der Waals surface area contributed by atoms with Crippen LogP contribution in [0.4, 0.5) is 0 Å². The number of aryl methyl sites for hydroxylation is 1. The first-order valence-electron chi connectivity index (χ1n) is 8.88. The third-order valence-electron chi connectivity index (χ3n) is 4.58.